The van der Waals surface area contributed by atoms with Gasteiger partial charge in [0.1, 0.15) is 5.69 Å². The summed E-state index contributed by atoms with van der Waals surface area (Å²) in [5.74, 6) is -0.159. The monoisotopic (exact) mass is 276 g/mol. The Balaban J connectivity index is 2.82. The highest BCUT2D eigenvalue weighted by atomic mass is 35.5. The Labute approximate surface area is 111 Å². The molecule has 0 fully saturated rings. The number of likely N-dealkylation sites (N-methyl/N-ethyl adjacent to an activating group) is 1. The number of carbonyl (C=O) groups is 1. The van der Waals surface area contributed by atoms with Crippen molar-refractivity contribution in [3.8, 4) is 0 Å². The van der Waals surface area contributed by atoms with Gasteiger partial charge in [-0.2, -0.15) is 0 Å². The average molecular weight is 277 g/mol. The number of aromatic nitrogens is 1. The number of hydrogen-bond donors (Lipinski definition) is 0. The van der Waals surface area contributed by atoms with Crippen molar-refractivity contribution in [2.24, 2.45) is 0 Å². The van der Waals surface area contributed by atoms with Gasteiger partial charge in [0.05, 0.1) is 18.5 Å². The second kappa shape index (κ2) is 6.93. The second-order valence-electron chi connectivity index (χ2n) is 3.66. The van der Waals surface area contributed by atoms with E-state index in [-0.39, 0.29) is 17.7 Å². The smallest absolute Gasteiger partial charge is 0.196 e. The first-order valence-electron chi connectivity index (χ1n) is 5.44. The van der Waals surface area contributed by atoms with E-state index in [2.05, 4.69) is 23.7 Å². The van der Waals surface area contributed by atoms with E-state index in [4.69, 9.17) is 16.3 Å². The fourth-order valence-electron chi connectivity index (χ4n) is 1.56. The van der Waals surface area contributed by atoms with Crippen LogP contribution in [0.5, 0.6) is 0 Å². The number of Topliss-reactive ketones (excluding diaryl/α,β-unsaturated/α-hetero) is 1. The van der Waals surface area contributed by atoms with E-state index >= 15 is 0 Å². The standard InChI is InChI=1S/C11H17ClN2O2S/c1-4-14(8(2)6-16-3)11-13-9(7-17-11)10(15)5-12/h7-8H,4-6H2,1-3H3. The summed E-state index contributed by atoms with van der Waals surface area (Å²) in [4.78, 5) is 17.8. The molecule has 0 bridgehead atoms. The number of halogens is 1. The third-order valence-corrected chi connectivity index (χ3v) is 3.55. The number of rotatable bonds is 7. The Morgan fingerprint density at radius 3 is 2.94 bits per heavy atom. The topological polar surface area (TPSA) is 42.4 Å². The van der Waals surface area contributed by atoms with Crippen molar-refractivity contribution in [2.45, 2.75) is 19.9 Å². The van der Waals surface area contributed by atoms with Crippen molar-refractivity contribution >= 4 is 33.9 Å². The van der Waals surface area contributed by atoms with E-state index in [9.17, 15) is 4.79 Å². The molecular weight excluding hydrogens is 260 g/mol. The number of nitrogens with zero attached hydrogens (tertiary/aromatic N) is 2. The van der Waals surface area contributed by atoms with E-state index in [1.54, 1.807) is 12.5 Å². The molecule has 0 N–H and O–H groups in total. The molecule has 0 spiro atoms. The predicted molar refractivity (Wildman–Crippen MR) is 71.5 cm³/mol. The largest absolute Gasteiger partial charge is 0.383 e. The van der Waals surface area contributed by atoms with Crippen LogP contribution in [0.1, 0.15) is 24.3 Å². The molecular formula is C11H17ClN2O2S. The van der Waals surface area contributed by atoms with Gasteiger partial charge in [0.25, 0.3) is 0 Å². The summed E-state index contributed by atoms with van der Waals surface area (Å²) in [6, 6.07) is 0.232. The molecule has 0 saturated carbocycles. The molecule has 1 rings (SSSR count). The third-order valence-electron chi connectivity index (χ3n) is 2.43. The first-order valence-corrected chi connectivity index (χ1v) is 6.85. The van der Waals surface area contributed by atoms with Gasteiger partial charge in [0.2, 0.25) is 0 Å². The molecule has 17 heavy (non-hydrogen) atoms. The zero-order valence-electron chi connectivity index (χ0n) is 10.3. The SMILES string of the molecule is CCN(c1nc(C(=O)CCl)cs1)C(C)COC. The first kappa shape index (κ1) is 14.4. The van der Waals surface area contributed by atoms with Crippen molar-refractivity contribution in [2.75, 3.05) is 31.0 Å². The Morgan fingerprint density at radius 2 is 2.41 bits per heavy atom. The lowest BCUT2D eigenvalue weighted by atomic mass is 10.3. The number of hydrogen-bond acceptors (Lipinski definition) is 5. The van der Waals surface area contributed by atoms with Crippen LogP contribution in [0.15, 0.2) is 5.38 Å². The molecule has 96 valence electrons. The summed E-state index contributed by atoms with van der Waals surface area (Å²) in [5.41, 5.74) is 0.447. The van der Waals surface area contributed by atoms with Crippen LogP contribution >= 0.6 is 22.9 Å². The zero-order chi connectivity index (χ0) is 12.8. The Hall–Kier alpha value is -0.650. The first-order chi connectivity index (χ1) is 8.13. The summed E-state index contributed by atoms with van der Waals surface area (Å²) in [6.07, 6.45) is 0. The minimum absolute atomic E-state index is 0.0249. The minimum Gasteiger partial charge on any atom is -0.383 e. The van der Waals surface area contributed by atoms with Gasteiger partial charge in [0.15, 0.2) is 10.9 Å². The van der Waals surface area contributed by atoms with E-state index in [0.29, 0.717) is 12.3 Å². The van der Waals surface area contributed by atoms with Crippen molar-refractivity contribution in [1.82, 2.24) is 4.98 Å². The highest BCUT2D eigenvalue weighted by Gasteiger charge is 2.17. The van der Waals surface area contributed by atoms with Crippen LogP contribution in [-0.4, -0.2) is 43.0 Å². The summed E-state index contributed by atoms with van der Waals surface area (Å²) in [7, 11) is 1.68. The van der Waals surface area contributed by atoms with E-state index in [1.807, 2.05) is 0 Å². The van der Waals surface area contributed by atoms with Gasteiger partial charge in [-0.25, -0.2) is 4.98 Å². The summed E-state index contributed by atoms with van der Waals surface area (Å²) in [6.45, 7) is 5.58. The molecule has 1 atom stereocenters. The highest BCUT2D eigenvalue weighted by molar-refractivity contribution is 7.14. The van der Waals surface area contributed by atoms with Crippen molar-refractivity contribution in [1.29, 1.82) is 0 Å². The molecule has 1 aromatic rings. The van der Waals surface area contributed by atoms with Crippen LogP contribution in [-0.2, 0) is 4.74 Å². The van der Waals surface area contributed by atoms with Crippen LogP contribution in [0.2, 0.25) is 0 Å². The predicted octanol–water partition coefficient (Wildman–Crippen LogP) is 2.43. The Kier molecular flexibility index (Phi) is 5.88. The van der Waals surface area contributed by atoms with Crippen molar-refractivity contribution in [3.63, 3.8) is 0 Å². The van der Waals surface area contributed by atoms with Crippen LogP contribution in [0, 0.1) is 0 Å². The van der Waals surface area contributed by atoms with Crippen LogP contribution < -0.4 is 4.90 Å². The van der Waals surface area contributed by atoms with Gasteiger partial charge < -0.3 is 9.64 Å². The lowest BCUT2D eigenvalue weighted by Gasteiger charge is -2.26. The van der Waals surface area contributed by atoms with Gasteiger partial charge in [-0.1, -0.05) is 0 Å². The number of alkyl halides is 1. The molecule has 0 amide bonds. The molecule has 4 nitrogen and oxygen atoms in total. The van der Waals surface area contributed by atoms with Gasteiger partial charge in [-0.05, 0) is 13.8 Å². The second-order valence-corrected chi connectivity index (χ2v) is 4.77. The maximum absolute atomic E-state index is 11.4. The minimum atomic E-state index is -0.135. The third kappa shape index (κ3) is 3.66. The average Bonchev–Trinajstić information content (AvgIpc) is 2.79. The van der Waals surface area contributed by atoms with Crippen LogP contribution in [0.3, 0.4) is 0 Å². The number of anilines is 1. The lowest BCUT2D eigenvalue weighted by Crippen LogP contribution is -2.36. The zero-order valence-corrected chi connectivity index (χ0v) is 11.8. The van der Waals surface area contributed by atoms with Crippen LogP contribution in [0.4, 0.5) is 5.13 Å². The quantitative estimate of drug-likeness (QED) is 0.567. The number of methoxy groups -OCH3 is 1. The van der Waals surface area contributed by atoms with Crippen molar-refractivity contribution < 1.29 is 9.53 Å². The van der Waals surface area contributed by atoms with Crippen LogP contribution in [0.25, 0.3) is 0 Å². The molecule has 6 heteroatoms. The van der Waals surface area contributed by atoms with Gasteiger partial charge in [-0.3, -0.25) is 4.79 Å². The molecule has 1 heterocycles. The van der Waals surface area contributed by atoms with Gasteiger partial charge >= 0.3 is 0 Å². The molecule has 0 aliphatic heterocycles. The summed E-state index contributed by atoms with van der Waals surface area (Å²) >= 11 is 6.96. The van der Waals surface area contributed by atoms with E-state index in [1.165, 1.54) is 11.3 Å². The number of ketones is 1. The highest BCUT2D eigenvalue weighted by Crippen LogP contribution is 2.22. The Bertz CT molecular complexity index is 370. The summed E-state index contributed by atoms with van der Waals surface area (Å²) in [5, 5.41) is 2.59. The summed E-state index contributed by atoms with van der Waals surface area (Å²) < 4.78 is 5.13. The van der Waals surface area contributed by atoms with E-state index in [0.717, 1.165) is 11.7 Å². The molecule has 0 aliphatic rings. The molecule has 0 aromatic carbocycles. The Morgan fingerprint density at radius 1 is 1.71 bits per heavy atom. The van der Waals surface area contributed by atoms with Gasteiger partial charge in [-0.15, -0.1) is 22.9 Å². The normalized spacial score (nSPS) is 12.5. The maximum atomic E-state index is 11.4. The fourth-order valence-corrected chi connectivity index (χ4v) is 2.69. The number of thiazole rings is 1. The number of ether oxygens (including phenoxy) is 1. The molecule has 0 radical (unpaired) electrons. The molecule has 1 aromatic heterocycles. The van der Waals surface area contributed by atoms with Gasteiger partial charge in [0, 0.05) is 19.0 Å². The molecule has 0 aliphatic carbocycles. The maximum Gasteiger partial charge on any atom is 0.196 e. The van der Waals surface area contributed by atoms with Crippen molar-refractivity contribution in [3.05, 3.63) is 11.1 Å². The number of carbonyl (C=O) groups excluding carboxylic acids is 1. The molecule has 0 saturated heterocycles. The van der Waals surface area contributed by atoms with E-state index < -0.39 is 0 Å². The lowest BCUT2D eigenvalue weighted by molar-refractivity contribution is 0.101. The fraction of sp³-hybridized carbons (Fsp3) is 0.636. The molecule has 1 unspecified atom stereocenters.